The summed E-state index contributed by atoms with van der Waals surface area (Å²) < 4.78 is 36.7. The average molecular weight is 230 g/mol. The van der Waals surface area contributed by atoms with Gasteiger partial charge in [0.15, 0.2) is 0 Å². The molecule has 1 aromatic heterocycles. The van der Waals surface area contributed by atoms with Gasteiger partial charge in [0.25, 0.3) is 0 Å². The zero-order valence-electron chi connectivity index (χ0n) is 7.75. The highest BCUT2D eigenvalue weighted by Crippen LogP contribution is 2.28. The van der Waals surface area contributed by atoms with E-state index in [1.165, 1.54) is 0 Å². The van der Waals surface area contributed by atoms with Crippen LogP contribution >= 0.6 is 0 Å². The van der Waals surface area contributed by atoms with Crippen LogP contribution in [0.5, 0.6) is 0 Å². The molecule has 0 atom stereocenters. The molecule has 0 amide bonds. The van der Waals surface area contributed by atoms with Gasteiger partial charge in [-0.05, 0) is 12.1 Å². The molecule has 1 heterocycles. The number of nitrogens with zero attached hydrogens (tertiary/aromatic N) is 2. The van der Waals surface area contributed by atoms with E-state index in [9.17, 15) is 18.0 Å². The second-order valence-corrected chi connectivity index (χ2v) is 2.83. The van der Waals surface area contributed by atoms with Crippen LogP contribution in [0.3, 0.4) is 0 Å². The van der Waals surface area contributed by atoms with Gasteiger partial charge in [-0.25, -0.2) is 9.78 Å². The van der Waals surface area contributed by atoms with Gasteiger partial charge in [0.05, 0.1) is 23.7 Å². The molecule has 1 N–H and O–H groups in total. The Kier molecular flexibility index (Phi) is 3.13. The van der Waals surface area contributed by atoms with Crippen LogP contribution in [0.25, 0.3) is 0 Å². The van der Waals surface area contributed by atoms with Crippen LogP contribution in [0.1, 0.15) is 21.7 Å². The molecule has 1 aromatic rings. The molecule has 4 nitrogen and oxygen atoms in total. The summed E-state index contributed by atoms with van der Waals surface area (Å²) in [5, 5.41) is 17.0. The maximum Gasteiger partial charge on any atom is 0.433 e. The molecule has 0 fully saturated rings. The summed E-state index contributed by atoms with van der Waals surface area (Å²) in [6.45, 7) is 0. The Morgan fingerprint density at radius 3 is 2.56 bits per heavy atom. The monoisotopic (exact) mass is 230 g/mol. The summed E-state index contributed by atoms with van der Waals surface area (Å²) in [5.74, 6) is -1.41. The van der Waals surface area contributed by atoms with E-state index in [1.807, 2.05) is 0 Å². The van der Waals surface area contributed by atoms with Crippen LogP contribution in [0.15, 0.2) is 12.1 Å². The van der Waals surface area contributed by atoms with E-state index in [0.717, 1.165) is 6.07 Å². The molecule has 0 saturated heterocycles. The molecule has 0 radical (unpaired) electrons. The largest absolute Gasteiger partial charge is 0.478 e. The van der Waals surface area contributed by atoms with Crippen LogP contribution in [0, 0.1) is 11.3 Å². The Labute approximate surface area is 88.0 Å². The Hall–Kier alpha value is -2.10. The number of hydrogen-bond acceptors (Lipinski definition) is 3. The van der Waals surface area contributed by atoms with Gasteiger partial charge in [0.1, 0.15) is 5.69 Å². The van der Waals surface area contributed by atoms with Crippen LogP contribution in [-0.4, -0.2) is 16.1 Å². The van der Waals surface area contributed by atoms with Crippen molar-refractivity contribution in [3.63, 3.8) is 0 Å². The zero-order valence-corrected chi connectivity index (χ0v) is 7.75. The molecular formula is C9H5F3N2O2. The number of carboxylic acids is 1. The number of pyridine rings is 1. The Morgan fingerprint density at radius 2 is 2.12 bits per heavy atom. The van der Waals surface area contributed by atoms with Crippen molar-refractivity contribution >= 4 is 5.97 Å². The SMILES string of the molecule is N#CCc1nc(C(F)(F)F)ccc1C(=O)O. The summed E-state index contributed by atoms with van der Waals surface area (Å²) in [7, 11) is 0. The predicted molar refractivity (Wildman–Crippen MR) is 45.5 cm³/mol. The van der Waals surface area contributed by atoms with Crippen molar-refractivity contribution in [2.24, 2.45) is 0 Å². The molecule has 0 unspecified atom stereocenters. The van der Waals surface area contributed by atoms with Crippen molar-refractivity contribution in [2.45, 2.75) is 12.6 Å². The van der Waals surface area contributed by atoms with Crippen molar-refractivity contribution in [2.75, 3.05) is 0 Å². The fourth-order valence-electron chi connectivity index (χ4n) is 1.06. The van der Waals surface area contributed by atoms with E-state index < -0.39 is 29.8 Å². The van der Waals surface area contributed by atoms with Crippen LogP contribution in [0.4, 0.5) is 13.2 Å². The summed E-state index contributed by atoms with van der Waals surface area (Å²) in [6, 6.07) is 2.93. The fraction of sp³-hybridized carbons (Fsp3) is 0.222. The molecule has 0 saturated carbocycles. The molecule has 0 bridgehead atoms. The topological polar surface area (TPSA) is 74.0 Å². The van der Waals surface area contributed by atoms with Crippen molar-refractivity contribution in [1.82, 2.24) is 4.98 Å². The van der Waals surface area contributed by atoms with E-state index >= 15 is 0 Å². The first-order valence-electron chi connectivity index (χ1n) is 4.03. The minimum atomic E-state index is -4.65. The van der Waals surface area contributed by atoms with Crippen molar-refractivity contribution in [3.05, 3.63) is 29.1 Å². The molecule has 7 heteroatoms. The van der Waals surface area contributed by atoms with Gasteiger partial charge in [-0.1, -0.05) is 0 Å². The van der Waals surface area contributed by atoms with Crippen molar-refractivity contribution in [1.29, 1.82) is 5.26 Å². The summed E-state index contributed by atoms with van der Waals surface area (Å²) in [6.07, 6.45) is -5.13. The molecule has 0 aliphatic heterocycles. The Morgan fingerprint density at radius 1 is 1.50 bits per heavy atom. The number of halogens is 3. The minimum absolute atomic E-state index is 0.384. The van der Waals surface area contributed by atoms with Gasteiger partial charge in [-0.15, -0.1) is 0 Å². The third-order valence-electron chi connectivity index (χ3n) is 1.74. The number of alkyl halides is 3. The first kappa shape index (κ1) is 12.0. The van der Waals surface area contributed by atoms with Gasteiger partial charge >= 0.3 is 12.1 Å². The van der Waals surface area contributed by atoms with E-state index in [4.69, 9.17) is 10.4 Å². The van der Waals surface area contributed by atoms with E-state index in [2.05, 4.69) is 4.98 Å². The molecule has 0 aromatic carbocycles. The van der Waals surface area contributed by atoms with Gasteiger partial charge in [-0.3, -0.25) is 0 Å². The number of hydrogen-bond donors (Lipinski definition) is 1. The molecule has 1 rings (SSSR count). The molecular weight excluding hydrogens is 225 g/mol. The molecule has 0 spiro atoms. The third-order valence-corrected chi connectivity index (χ3v) is 1.74. The van der Waals surface area contributed by atoms with Gasteiger partial charge in [0, 0.05) is 0 Å². The lowest BCUT2D eigenvalue weighted by Gasteiger charge is -2.08. The lowest BCUT2D eigenvalue weighted by atomic mass is 10.1. The third kappa shape index (κ3) is 2.48. The second-order valence-electron chi connectivity index (χ2n) is 2.83. The average Bonchev–Trinajstić information content (AvgIpc) is 2.16. The number of nitriles is 1. The number of aromatic nitrogens is 1. The van der Waals surface area contributed by atoms with Gasteiger partial charge in [-0.2, -0.15) is 18.4 Å². The molecule has 84 valence electrons. The number of carboxylic acid groups (broad SMARTS) is 1. The quantitative estimate of drug-likeness (QED) is 0.841. The number of aromatic carboxylic acids is 1. The highest BCUT2D eigenvalue weighted by molar-refractivity contribution is 5.88. The van der Waals surface area contributed by atoms with Crippen LogP contribution < -0.4 is 0 Å². The summed E-state index contributed by atoms with van der Waals surface area (Å²) in [5.41, 5.74) is -1.98. The van der Waals surface area contributed by atoms with Crippen LogP contribution in [-0.2, 0) is 12.6 Å². The lowest BCUT2D eigenvalue weighted by Crippen LogP contribution is -2.13. The van der Waals surface area contributed by atoms with Gasteiger partial charge < -0.3 is 5.11 Å². The highest BCUT2D eigenvalue weighted by Gasteiger charge is 2.33. The standard InChI is InChI=1S/C9H5F3N2O2/c10-9(11,12)7-2-1-5(8(15)16)6(14-7)3-4-13/h1-2H,3H2,(H,15,16). The lowest BCUT2D eigenvalue weighted by molar-refractivity contribution is -0.141. The fourth-order valence-corrected chi connectivity index (χ4v) is 1.06. The smallest absolute Gasteiger partial charge is 0.433 e. The van der Waals surface area contributed by atoms with Crippen LogP contribution in [0.2, 0.25) is 0 Å². The van der Waals surface area contributed by atoms with Crippen molar-refractivity contribution in [3.8, 4) is 6.07 Å². The van der Waals surface area contributed by atoms with Gasteiger partial charge in [0.2, 0.25) is 0 Å². The summed E-state index contributed by atoms with van der Waals surface area (Å²) in [4.78, 5) is 13.8. The Bertz CT molecular complexity index is 463. The number of carbonyl (C=O) groups is 1. The number of rotatable bonds is 2. The zero-order chi connectivity index (χ0) is 12.3. The molecule has 16 heavy (non-hydrogen) atoms. The maximum absolute atomic E-state index is 12.2. The molecule has 0 aliphatic rings. The van der Waals surface area contributed by atoms with E-state index in [1.54, 1.807) is 6.07 Å². The first-order chi connectivity index (χ1) is 7.36. The molecule has 0 aliphatic carbocycles. The van der Waals surface area contributed by atoms with E-state index in [0.29, 0.717) is 6.07 Å². The van der Waals surface area contributed by atoms with E-state index in [-0.39, 0.29) is 5.69 Å². The Balaban J connectivity index is 3.29. The maximum atomic E-state index is 12.2. The normalized spacial score (nSPS) is 10.9. The first-order valence-corrected chi connectivity index (χ1v) is 4.03. The predicted octanol–water partition coefficient (Wildman–Crippen LogP) is 1.86. The van der Waals surface area contributed by atoms with Crippen molar-refractivity contribution < 1.29 is 23.1 Å². The second kappa shape index (κ2) is 4.18. The summed E-state index contributed by atoms with van der Waals surface area (Å²) >= 11 is 0. The minimum Gasteiger partial charge on any atom is -0.478 e. The highest BCUT2D eigenvalue weighted by atomic mass is 19.4.